The van der Waals surface area contributed by atoms with Crippen LogP contribution in [0, 0.1) is 0 Å². The normalized spacial score (nSPS) is 17.2. The van der Waals surface area contributed by atoms with Crippen LogP contribution in [0.4, 0.5) is 0 Å². The number of methoxy groups -OCH3 is 1. The summed E-state index contributed by atoms with van der Waals surface area (Å²) in [6, 6.07) is 21.3. The van der Waals surface area contributed by atoms with Gasteiger partial charge >= 0.3 is 0 Å². The summed E-state index contributed by atoms with van der Waals surface area (Å²) in [6.07, 6.45) is 1.32. The van der Waals surface area contributed by atoms with Crippen LogP contribution in [0.3, 0.4) is 0 Å². The number of carbonyl (C=O) groups is 1. The highest BCUT2D eigenvalue weighted by atomic mass is 16.7. The smallest absolute Gasteiger partial charge is 0.272 e. The second-order valence-corrected chi connectivity index (χ2v) is 8.82. The van der Waals surface area contributed by atoms with Crippen LogP contribution in [0.25, 0.3) is 28.2 Å². The number of piperidine rings is 1. The number of fused-ring (bicyclic) bond motifs is 1. The number of nitrogens with zero attached hydrogens (tertiary/aromatic N) is 4. The number of likely N-dealkylation sites (tertiary alicyclic amines) is 1. The number of hydrogen-bond donors (Lipinski definition) is 0. The third kappa shape index (κ3) is 4.05. The molecule has 2 aliphatic heterocycles. The minimum Gasteiger partial charge on any atom is -0.497 e. The van der Waals surface area contributed by atoms with Crippen molar-refractivity contribution >= 4 is 11.6 Å². The van der Waals surface area contributed by atoms with Crippen LogP contribution in [-0.4, -0.2) is 64.6 Å². The summed E-state index contributed by atoms with van der Waals surface area (Å²) in [5, 5.41) is 4.77. The molecule has 0 N–H and O–H groups in total. The topological polar surface area (TPSA) is 78.2 Å². The van der Waals surface area contributed by atoms with Gasteiger partial charge in [0.1, 0.15) is 11.4 Å². The van der Waals surface area contributed by atoms with E-state index in [4.69, 9.17) is 24.3 Å². The van der Waals surface area contributed by atoms with Gasteiger partial charge in [0.05, 0.1) is 31.7 Å². The fourth-order valence-electron chi connectivity index (χ4n) is 4.78. The lowest BCUT2D eigenvalue weighted by Crippen LogP contribution is -2.47. The van der Waals surface area contributed by atoms with E-state index < -0.39 is 5.79 Å². The molecule has 8 heteroatoms. The fraction of sp³-hybridized carbons (Fsp3) is 0.296. The summed E-state index contributed by atoms with van der Waals surface area (Å²) in [5.74, 6) is 0.147. The van der Waals surface area contributed by atoms with Crippen molar-refractivity contribution < 1.29 is 19.0 Å². The molecule has 2 aromatic heterocycles. The Morgan fingerprint density at radius 1 is 0.914 bits per heavy atom. The zero-order valence-corrected chi connectivity index (χ0v) is 19.5. The molecule has 35 heavy (non-hydrogen) atoms. The van der Waals surface area contributed by atoms with Crippen molar-refractivity contribution in [3.63, 3.8) is 0 Å². The zero-order valence-electron chi connectivity index (χ0n) is 19.5. The number of rotatable bonds is 4. The minimum atomic E-state index is -0.537. The number of aromatic nitrogens is 3. The van der Waals surface area contributed by atoms with Crippen molar-refractivity contribution in [2.75, 3.05) is 33.4 Å². The molecular formula is C27H26N4O4. The zero-order chi connectivity index (χ0) is 23.8. The second-order valence-electron chi connectivity index (χ2n) is 8.82. The van der Waals surface area contributed by atoms with Gasteiger partial charge in [-0.25, -0.2) is 9.50 Å². The molecular weight excluding hydrogens is 444 g/mol. The largest absolute Gasteiger partial charge is 0.497 e. The summed E-state index contributed by atoms with van der Waals surface area (Å²) < 4.78 is 18.6. The Balaban J connectivity index is 1.40. The van der Waals surface area contributed by atoms with Crippen LogP contribution < -0.4 is 4.74 Å². The Hall–Kier alpha value is -3.75. The summed E-state index contributed by atoms with van der Waals surface area (Å²) in [7, 11) is 1.64. The van der Waals surface area contributed by atoms with Gasteiger partial charge in [0.25, 0.3) is 5.91 Å². The molecule has 0 saturated carbocycles. The fourth-order valence-corrected chi connectivity index (χ4v) is 4.78. The van der Waals surface area contributed by atoms with Crippen LogP contribution in [0.15, 0.2) is 66.7 Å². The Bertz CT molecular complexity index is 1350. The molecule has 4 heterocycles. The third-order valence-electron chi connectivity index (χ3n) is 6.73. The molecule has 6 rings (SSSR count). The first kappa shape index (κ1) is 21.8. The highest BCUT2D eigenvalue weighted by Gasteiger charge is 2.41. The number of benzene rings is 2. The van der Waals surface area contributed by atoms with Gasteiger partial charge in [0, 0.05) is 43.1 Å². The summed E-state index contributed by atoms with van der Waals surface area (Å²) in [6.45, 7) is 2.35. The molecule has 0 aliphatic carbocycles. The first-order valence-corrected chi connectivity index (χ1v) is 11.8. The molecule has 0 bridgehead atoms. The molecule has 2 fully saturated rings. The maximum Gasteiger partial charge on any atom is 0.272 e. The second kappa shape index (κ2) is 8.79. The van der Waals surface area contributed by atoms with Crippen molar-refractivity contribution in [3.8, 4) is 28.3 Å². The monoisotopic (exact) mass is 470 g/mol. The highest BCUT2D eigenvalue weighted by Crippen LogP contribution is 2.32. The summed E-state index contributed by atoms with van der Waals surface area (Å²) in [5.41, 5.74) is 4.44. The average molecular weight is 471 g/mol. The van der Waals surface area contributed by atoms with Crippen LogP contribution in [-0.2, 0) is 9.47 Å². The van der Waals surface area contributed by atoms with Gasteiger partial charge in [-0.05, 0) is 30.3 Å². The van der Waals surface area contributed by atoms with Crippen molar-refractivity contribution in [3.05, 3.63) is 72.4 Å². The quantitative estimate of drug-likeness (QED) is 0.448. The van der Waals surface area contributed by atoms with Crippen molar-refractivity contribution in [1.29, 1.82) is 0 Å². The molecule has 4 aromatic rings. The number of hydrogen-bond acceptors (Lipinski definition) is 6. The predicted octanol–water partition coefficient (Wildman–Crippen LogP) is 4.05. The van der Waals surface area contributed by atoms with E-state index in [1.165, 1.54) is 0 Å². The molecule has 0 radical (unpaired) electrons. The Morgan fingerprint density at radius 3 is 2.29 bits per heavy atom. The van der Waals surface area contributed by atoms with Gasteiger partial charge in [-0.2, -0.15) is 5.10 Å². The van der Waals surface area contributed by atoms with E-state index in [9.17, 15) is 4.79 Å². The van der Waals surface area contributed by atoms with E-state index in [-0.39, 0.29) is 5.91 Å². The van der Waals surface area contributed by atoms with Gasteiger partial charge in [-0.1, -0.05) is 30.3 Å². The lowest BCUT2D eigenvalue weighted by atomic mass is 10.0. The summed E-state index contributed by atoms with van der Waals surface area (Å²) in [4.78, 5) is 20.5. The predicted molar refractivity (Wildman–Crippen MR) is 130 cm³/mol. The molecule has 2 saturated heterocycles. The first-order chi connectivity index (χ1) is 17.1. The van der Waals surface area contributed by atoms with E-state index in [0.29, 0.717) is 56.2 Å². The molecule has 178 valence electrons. The van der Waals surface area contributed by atoms with E-state index in [1.807, 2.05) is 71.6 Å². The molecule has 2 aromatic carbocycles. The third-order valence-corrected chi connectivity index (χ3v) is 6.73. The number of ether oxygens (including phenoxy) is 3. The minimum absolute atomic E-state index is 0.0808. The average Bonchev–Trinajstić information content (AvgIpc) is 3.56. The van der Waals surface area contributed by atoms with Gasteiger partial charge in [-0.15, -0.1) is 0 Å². The van der Waals surface area contributed by atoms with Gasteiger partial charge < -0.3 is 19.1 Å². The Kier molecular flexibility index (Phi) is 5.47. The van der Waals surface area contributed by atoms with Crippen LogP contribution >= 0.6 is 0 Å². The van der Waals surface area contributed by atoms with E-state index in [0.717, 1.165) is 22.6 Å². The summed E-state index contributed by atoms with van der Waals surface area (Å²) >= 11 is 0. The highest BCUT2D eigenvalue weighted by molar-refractivity contribution is 5.94. The van der Waals surface area contributed by atoms with Gasteiger partial charge in [0.2, 0.25) is 0 Å². The molecule has 1 spiro atoms. The molecule has 2 aliphatic rings. The van der Waals surface area contributed by atoms with Gasteiger partial charge in [0.15, 0.2) is 11.4 Å². The first-order valence-electron chi connectivity index (χ1n) is 11.8. The Labute approximate surface area is 203 Å². The van der Waals surface area contributed by atoms with Crippen molar-refractivity contribution in [2.45, 2.75) is 18.6 Å². The van der Waals surface area contributed by atoms with E-state index in [2.05, 4.69) is 0 Å². The van der Waals surface area contributed by atoms with Crippen molar-refractivity contribution in [1.82, 2.24) is 19.5 Å². The molecule has 8 nitrogen and oxygen atoms in total. The lowest BCUT2D eigenvalue weighted by Gasteiger charge is -2.37. The van der Waals surface area contributed by atoms with Crippen LogP contribution in [0.5, 0.6) is 5.75 Å². The molecule has 0 atom stereocenters. The maximum atomic E-state index is 13.8. The standard InChI is InChI=1S/C27H26N4O4/c1-33-21-9-7-20(8-10-21)22-17-24(26(32)30-13-11-27(12-14-30)34-15-16-35-27)31-25(28-22)18-23(29-31)19-5-3-2-4-6-19/h2-10,17-18H,11-16H2,1H3. The number of carbonyl (C=O) groups excluding carboxylic acids is 1. The van der Waals surface area contributed by atoms with Crippen molar-refractivity contribution in [2.24, 2.45) is 0 Å². The SMILES string of the molecule is COc1ccc(-c2cc(C(=O)N3CCC4(CC3)OCCO4)n3nc(-c4ccccc4)cc3n2)cc1. The van der Waals surface area contributed by atoms with Gasteiger partial charge in [-0.3, -0.25) is 4.79 Å². The van der Waals surface area contributed by atoms with Crippen LogP contribution in [0.1, 0.15) is 23.3 Å². The van der Waals surface area contributed by atoms with Crippen LogP contribution in [0.2, 0.25) is 0 Å². The number of amides is 1. The maximum absolute atomic E-state index is 13.8. The lowest BCUT2D eigenvalue weighted by molar-refractivity contribution is -0.181. The van der Waals surface area contributed by atoms with E-state index in [1.54, 1.807) is 11.6 Å². The van der Waals surface area contributed by atoms with E-state index >= 15 is 0 Å². The molecule has 0 unspecified atom stereocenters. The Morgan fingerprint density at radius 2 is 1.60 bits per heavy atom. The molecule has 1 amide bonds.